The molecule has 25 heavy (non-hydrogen) atoms. The third-order valence-corrected chi connectivity index (χ3v) is 5.80. The first-order chi connectivity index (χ1) is 12.0. The van der Waals surface area contributed by atoms with Crippen LogP contribution in [-0.4, -0.2) is 44.8 Å². The number of amides is 1. The molecule has 0 saturated carbocycles. The lowest BCUT2D eigenvalue weighted by atomic mass is 9.89. The minimum atomic E-state index is -0.0973. The predicted molar refractivity (Wildman–Crippen MR) is 101 cm³/mol. The summed E-state index contributed by atoms with van der Waals surface area (Å²) in [7, 11) is 0. The molecule has 0 aliphatic carbocycles. The van der Waals surface area contributed by atoms with Gasteiger partial charge in [0, 0.05) is 18.7 Å². The van der Waals surface area contributed by atoms with Crippen LogP contribution in [0.25, 0.3) is 11.4 Å². The maximum Gasteiger partial charge on any atom is 0.233 e. The van der Waals surface area contributed by atoms with Crippen LogP contribution in [0.2, 0.25) is 0 Å². The van der Waals surface area contributed by atoms with Crippen LogP contribution in [0.15, 0.2) is 36.5 Å². The number of H-pyrrole nitrogens is 1. The third kappa shape index (κ3) is 4.25. The minimum absolute atomic E-state index is 0.00491. The first kappa shape index (κ1) is 18.0. The number of rotatable bonds is 7. The van der Waals surface area contributed by atoms with Crippen molar-refractivity contribution in [2.24, 2.45) is 5.41 Å². The molecule has 1 aromatic heterocycles. The molecule has 2 aromatic rings. The van der Waals surface area contributed by atoms with E-state index in [9.17, 15) is 9.90 Å². The quantitative estimate of drug-likeness (QED) is 0.794. The van der Waals surface area contributed by atoms with Crippen molar-refractivity contribution in [2.75, 3.05) is 18.9 Å². The van der Waals surface area contributed by atoms with Crippen molar-refractivity contribution >= 4 is 17.7 Å². The fraction of sp³-hybridized carbons (Fsp3) is 0.474. The average Bonchev–Trinajstić information content (AvgIpc) is 3.23. The molecule has 0 radical (unpaired) electrons. The second kappa shape index (κ2) is 7.62. The summed E-state index contributed by atoms with van der Waals surface area (Å²) in [5.41, 5.74) is 1.91. The van der Waals surface area contributed by atoms with Crippen molar-refractivity contribution in [1.82, 2.24) is 14.9 Å². The Hall–Kier alpha value is -1.79. The van der Waals surface area contributed by atoms with Crippen LogP contribution in [0.3, 0.4) is 0 Å². The summed E-state index contributed by atoms with van der Waals surface area (Å²) in [6.07, 6.45) is 3.61. The SMILES string of the molecule is CC(C)(CO)CCCN1C(=O)CSC1c1cnc(-c2ccccc2)[nH]1. The highest BCUT2D eigenvalue weighted by molar-refractivity contribution is 8.00. The number of aliphatic hydroxyl groups is 1. The lowest BCUT2D eigenvalue weighted by Crippen LogP contribution is -2.30. The van der Waals surface area contributed by atoms with Crippen molar-refractivity contribution in [3.63, 3.8) is 0 Å². The van der Waals surface area contributed by atoms with Gasteiger partial charge in [0.25, 0.3) is 0 Å². The number of aromatic amines is 1. The van der Waals surface area contributed by atoms with E-state index in [0.717, 1.165) is 29.9 Å². The topological polar surface area (TPSA) is 69.2 Å². The van der Waals surface area contributed by atoms with E-state index in [-0.39, 0.29) is 23.3 Å². The number of hydrogen-bond donors (Lipinski definition) is 2. The largest absolute Gasteiger partial charge is 0.396 e. The van der Waals surface area contributed by atoms with Gasteiger partial charge in [0.1, 0.15) is 11.2 Å². The molecule has 1 amide bonds. The maximum atomic E-state index is 12.3. The van der Waals surface area contributed by atoms with Crippen molar-refractivity contribution in [3.8, 4) is 11.4 Å². The van der Waals surface area contributed by atoms with Gasteiger partial charge in [-0.2, -0.15) is 0 Å². The van der Waals surface area contributed by atoms with Gasteiger partial charge in [-0.05, 0) is 18.3 Å². The Labute approximate surface area is 152 Å². The van der Waals surface area contributed by atoms with E-state index < -0.39 is 0 Å². The van der Waals surface area contributed by atoms with Gasteiger partial charge in [0.2, 0.25) is 5.91 Å². The van der Waals surface area contributed by atoms with E-state index in [1.807, 2.05) is 55.3 Å². The van der Waals surface area contributed by atoms with Crippen LogP contribution in [0.4, 0.5) is 0 Å². The summed E-state index contributed by atoms with van der Waals surface area (Å²) in [5, 5.41) is 9.38. The molecule has 0 spiro atoms. The van der Waals surface area contributed by atoms with Crippen LogP contribution >= 0.6 is 11.8 Å². The molecule has 6 heteroatoms. The molecular formula is C19H25N3O2S. The molecule has 3 rings (SSSR count). The van der Waals surface area contributed by atoms with Gasteiger partial charge in [-0.15, -0.1) is 11.8 Å². The van der Waals surface area contributed by atoms with Gasteiger partial charge in [0.15, 0.2) is 0 Å². The van der Waals surface area contributed by atoms with E-state index in [0.29, 0.717) is 12.3 Å². The molecule has 2 heterocycles. The average molecular weight is 359 g/mol. The second-order valence-corrected chi connectivity index (χ2v) is 8.30. The summed E-state index contributed by atoms with van der Waals surface area (Å²) in [5.74, 6) is 1.51. The molecule has 1 atom stereocenters. The van der Waals surface area contributed by atoms with Crippen molar-refractivity contribution in [1.29, 1.82) is 0 Å². The molecular weight excluding hydrogens is 334 g/mol. The molecule has 5 nitrogen and oxygen atoms in total. The van der Waals surface area contributed by atoms with Crippen LogP contribution < -0.4 is 0 Å². The number of nitrogens with one attached hydrogen (secondary N) is 1. The van der Waals surface area contributed by atoms with Gasteiger partial charge in [0.05, 0.1) is 17.6 Å². The molecule has 134 valence electrons. The molecule has 1 saturated heterocycles. The number of imidazole rings is 1. The minimum Gasteiger partial charge on any atom is -0.396 e. The standard InChI is InChI=1S/C19H25N3O2S/c1-19(2,13-23)9-6-10-22-16(24)12-25-18(22)15-11-20-17(21-15)14-7-4-3-5-8-14/h3-5,7-8,11,18,23H,6,9-10,12-13H2,1-2H3,(H,20,21). The van der Waals surface area contributed by atoms with Crippen LogP contribution in [0, 0.1) is 5.41 Å². The van der Waals surface area contributed by atoms with Crippen LogP contribution in [0.5, 0.6) is 0 Å². The molecule has 1 fully saturated rings. The third-order valence-electron chi connectivity index (χ3n) is 4.56. The fourth-order valence-corrected chi connectivity index (χ4v) is 4.13. The molecule has 2 N–H and O–H groups in total. The van der Waals surface area contributed by atoms with Crippen molar-refractivity contribution in [3.05, 3.63) is 42.2 Å². The Bertz CT molecular complexity index is 714. The zero-order chi connectivity index (χ0) is 17.9. The molecule has 1 unspecified atom stereocenters. The highest BCUT2D eigenvalue weighted by Crippen LogP contribution is 2.38. The number of carbonyl (C=O) groups is 1. The normalized spacial score (nSPS) is 18.1. The number of benzene rings is 1. The Morgan fingerprint density at radius 3 is 2.84 bits per heavy atom. The van der Waals surface area contributed by atoms with Crippen LogP contribution in [0.1, 0.15) is 37.8 Å². The summed E-state index contributed by atoms with van der Waals surface area (Å²) >= 11 is 1.64. The Balaban J connectivity index is 1.68. The molecule has 1 aromatic carbocycles. The van der Waals surface area contributed by atoms with Crippen molar-refractivity contribution in [2.45, 2.75) is 32.1 Å². The zero-order valence-electron chi connectivity index (χ0n) is 14.7. The van der Waals surface area contributed by atoms with E-state index >= 15 is 0 Å². The Morgan fingerprint density at radius 1 is 1.36 bits per heavy atom. The lowest BCUT2D eigenvalue weighted by molar-refractivity contribution is -0.128. The first-order valence-electron chi connectivity index (χ1n) is 8.62. The van der Waals surface area contributed by atoms with Crippen LogP contribution in [-0.2, 0) is 4.79 Å². The maximum absolute atomic E-state index is 12.3. The highest BCUT2D eigenvalue weighted by atomic mass is 32.2. The molecule has 1 aliphatic rings. The van der Waals surface area contributed by atoms with Gasteiger partial charge in [-0.3, -0.25) is 4.79 Å². The predicted octanol–water partition coefficient (Wildman–Crippen LogP) is 3.45. The zero-order valence-corrected chi connectivity index (χ0v) is 15.6. The van der Waals surface area contributed by atoms with Crippen molar-refractivity contribution < 1.29 is 9.90 Å². The highest BCUT2D eigenvalue weighted by Gasteiger charge is 2.34. The summed E-state index contributed by atoms with van der Waals surface area (Å²) < 4.78 is 0. The number of thioether (sulfide) groups is 1. The van der Waals surface area contributed by atoms with Gasteiger partial charge < -0.3 is 15.0 Å². The Kier molecular flexibility index (Phi) is 5.49. The number of carbonyl (C=O) groups excluding carboxylic acids is 1. The van der Waals surface area contributed by atoms with E-state index in [1.165, 1.54) is 0 Å². The summed E-state index contributed by atoms with van der Waals surface area (Å²) in [6.45, 7) is 4.97. The summed E-state index contributed by atoms with van der Waals surface area (Å²) in [6, 6.07) is 9.99. The van der Waals surface area contributed by atoms with Gasteiger partial charge in [-0.25, -0.2) is 4.98 Å². The number of hydrogen-bond acceptors (Lipinski definition) is 4. The second-order valence-electron chi connectivity index (χ2n) is 7.23. The summed E-state index contributed by atoms with van der Waals surface area (Å²) in [4.78, 5) is 22.1. The number of aliphatic hydroxyl groups excluding tert-OH is 1. The van der Waals surface area contributed by atoms with E-state index in [1.54, 1.807) is 11.8 Å². The van der Waals surface area contributed by atoms with E-state index in [4.69, 9.17) is 0 Å². The number of nitrogens with zero attached hydrogens (tertiary/aromatic N) is 2. The lowest BCUT2D eigenvalue weighted by Gasteiger charge is -2.26. The molecule has 0 bridgehead atoms. The van der Waals surface area contributed by atoms with Gasteiger partial charge >= 0.3 is 0 Å². The monoisotopic (exact) mass is 359 g/mol. The van der Waals surface area contributed by atoms with E-state index in [2.05, 4.69) is 9.97 Å². The van der Waals surface area contributed by atoms with Gasteiger partial charge in [-0.1, -0.05) is 44.2 Å². The molecule has 1 aliphatic heterocycles. The Morgan fingerprint density at radius 2 is 2.12 bits per heavy atom. The smallest absolute Gasteiger partial charge is 0.233 e. The first-order valence-corrected chi connectivity index (χ1v) is 9.67. The fourth-order valence-electron chi connectivity index (χ4n) is 2.96. The number of aromatic nitrogens is 2.